The molecule has 1 amide bonds. The minimum Gasteiger partial charge on any atom is -0.497 e. The number of amides is 1. The average molecular weight is 425 g/mol. The number of hydrogen-bond acceptors (Lipinski definition) is 5. The van der Waals surface area contributed by atoms with Crippen LogP contribution in [0, 0.1) is 0 Å². The second-order valence-corrected chi connectivity index (χ2v) is 7.10. The van der Waals surface area contributed by atoms with E-state index in [9.17, 15) is 4.79 Å². The van der Waals surface area contributed by atoms with E-state index < -0.39 is 0 Å². The van der Waals surface area contributed by atoms with E-state index in [0.29, 0.717) is 22.9 Å². The molecule has 0 fully saturated rings. The van der Waals surface area contributed by atoms with E-state index in [0.717, 1.165) is 23.4 Å². The predicted octanol–water partition coefficient (Wildman–Crippen LogP) is 5.76. The molecular weight excluding hydrogens is 402 g/mol. The summed E-state index contributed by atoms with van der Waals surface area (Å²) in [5.74, 6) is 1.61. The Morgan fingerprint density at radius 3 is 2.38 bits per heavy atom. The third kappa shape index (κ3) is 5.10. The van der Waals surface area contributed by atoms with Gasteiger partial charge in [-0.1, -0.05) is 31.2 Å². The molecule has 32 heavy (non-hydrogen) atoms. The maximum absolute atomic E-state index is 12.7. The highest BCUT2D eigenvalue weighted by Gasteiger charge is 2.10. The SMILES string of the molecule is CCc1ccc(NC(=O)c2cccc(-c3cc(Oc4ccc(OC)cc4)ncn3)c2)cc1. The summed E-state index contributed by atoms with van der Waals surface area (Å²) in [4.78, 5) is 21.3. The van der Waals surface area contributed by atoms with Gasteiger partial charge in [0, 0.05) is 22.9 Å². The molecule has 0 spiro atoms. The van der Waals surface area contributed by atoms with E-state index in [-0.39, 0.29) is 5.91 Å². The fraction of sp³-hybridized carbons (Fsp3) is 0.115. The van der Waals surface area contributed by atoms with Crippen molar-refractivity contribution in [1.82, 2.24) is 9.97 Å². The summed E-state index contributed by atoms with van der Waals surface area (Å²) in [7, 11) is 1.61. The van der Waals surface area contributed by atoms with Gasteiger partial charge >= 0.3 is 0 Å². The van der Waals surface area contributed by atoms with Crippen molar-refractivity contribution in [2.75, 3.05) is 12.4 Å². The van der Waals surface area contributed by atoms with Crippen LogP contribution in [0.3, 0.4) is 0 Å². The molecule has 1 heterocycles. The molecule has 0 saturated heterocycles. The molecule has 0 aliphatic heterocycles. The van der Waals surface area contributed by atoms with Crippen LogP contribution in [0.4, 0.5) is 5.69 Å². The zero-order valence-electron chi connectivity index (χ0n) is 17.9. The van der Waals surface area contributed by atoms with Crippen LogP contribution in [0.2, 0.25) is 0 Å². The van der Waals surface area contributed by atoms with Gasteiger partial charge in [0.1, 0.15) is 17.8 Å². The molecule has 1 N–H and O–H groups in total. The quantitative estimate of drug-likeness (QED) is 0.408. The molecule has 0 aliphatic carbocycles. The van der Waals surface area contributed by atoms with Gasteiger partial charge in [0.05, 0.1) is 12.8 Å². The Balaban J connectivity index is 1.50. The van der Waals surface area contributed by atoms with E-state index in [4.69, 9.17) is 9.47 Å². The van der Waals surface area contributed by atoms with Crippen LogP contribution in [-0.4, -0.2) is 23.0 Å². The second kappa shape index (κ2) is 9.75. The largest absolute Gasteiger partial charge is 0.497 e. The highest BCUT2D eigenvalue weighted by Crippen LogP contribution is 2.26. The van der Waals surface area contributed by atoms with Crippen molar-refractivity contribution < 1.29 is 14.3 Å². The van der Waals surface area contributed by atoms with Crippen LogP contribution >= 0.6 is 0 Å². The summed E-state index contributed by atoms with van der Waals surface area (Å²) in [6, 6.07) is 24.1. The summed E-state index contributed by atoms with van der Waals surface area (Å²) in [6.45, 7) is 2.10. The molecule has 0 aliphatic rings. The first kappa shape index (κ1) is 21.1. The van der Waals surface area contributed by atoms with E-state index in [2.05, 4.69) is 22.2 Å². The summed E-state index contributed by atoms with van der Waals surface area (Å²) >= 11 is 0. The maximum Gasteiger partial charge on any atom is 0.255 e. The van der Waals surface area contributed by atoms with Crippen molar-refractivity contribution >= 4 is 11.6 Å². The van der Waals surface area contributed by atoms with Crippen LogP contribution in [0.5, 0.6) is 17.4 Å². The number of carbonyl (C=O) groups is 1. The molecule has 6 nitrogen and oxygen atoms in total. The van der Waals surface area contributed by atoms with Crippen molar-refractivity contribution in [2.24, 2.45) is 0 Å². The molecule has 0 saturated carbocycles. The fourth-order valence-corrected chi connectivity index (χ4v) is 3.16. The molecule has 0 bridgehead atoms. The summed E-state index contributed by atoms with van der Waals surface area (Å²) in [6.07, 6.45) is 2.40. The van der Waals surface area contributed by atoms with E-state index in [1.807, 2.05) is 48.5 Å². The van der Waals surface area contributed by atoms with Crippen LogP contribution < -0.4 is 14.8 Å². The molecule has 3 aromatic carbocycles. The lowest BCUT2D eigenvalue weighted by Crippen LogP contribution is -2.11. The molecule has 4 aromatic rings. The van der Waals surface area contributed by atoms with E-state index in [1.165, 1.54) is 11.9 Å². The van der Waals surface area contributed by atoms with Gasteiger partial charge in [0.15, 0.2) is 0 Å². The number of nitrogens with zero attached hydrogens (tertiary/aromatic N) is 2. The Bertz CT molecular complexity index is 1210. The smallest absolute Gasteiger partial charge is 0.255 e. The maximum atomic E-state index is 12.7. The minimum absolute atomic E-state index is 0.181. The van der Waals surface area contributed by atoms with Crippen molar-refractivity contribution in [3.8, 4) is 28.6 Å². The molecule has 160 valence electrons. The highest BCUT2D eigenvalue weighted by atomic mass is 16.5. The van der Waals surface area contributed by atoms with Crippen molar-refractivity contribution in [1.29, 1.82) is 0 Å². The Morgan fingerprint density at radius 2 is 1.66 bits per heavy atom. The molecule has 0 unspecified atom stereocenters. The topological polar surface area (TPSA) is 73.3 Å². The van der Waals surface area contributed by atoms with Crippen molar-refractivity contribution in [3.05, 3.63) is 96.3 Å². The van der Waals surface area contributed by atoms with Gasteiger partial charge < -0.3 is 14.8 Å². The summed E-state index contributed by atoms with van der Waals surface area (Å²) in [5, 5.41) is 2.93. The Kier molecular flexibility index (Phi) is 6.41. The highest BCUT2D eigenvalue weighted by molar-refractivity contribution is 6.04. The van der Waals surface area contributed by atoms with Gasteiger partial charge in [-0.15, -0.1) is 0 Å². The lowest BCUT2D eigenvalue weighted by Gasteiger charge is -2.09. The first-order valence-electron chi connectivity index (χ1n) is 10.3. The summed E-state index contributed by atoms with van der Waals surface area (Å²) in [5.41, 5.74) is 3.97. The fourth-order valence-electron chi connectivity index (χ4n) is 3.16. The molecular formula is C26H23N3O3. The average Bonchev–Trinajstić information content (AvgIpc) is 2.85. The van der Waals surface area contributed by atoms with Gasteiger partial charge in [-0.25, -0.2) is 9.97 Å². The third-order valence-electron chi connectivity index (χ3n) is 4.96. The number of nitrogens with one attached hydrogen (secondary N) is 1. The number of ether oxygens (including phenoxy) is 2. The minimum atomic E-state index is -0.181. The number of hydrogen-bond donors (Lipinski definition) is 1. The standard InChI is InChI=1S/C26H23N3O3/c1-3-18-7-9-21(10-8-18)29-26(30)20-6-4-5-19(15-20)24-16-25(28-17-27-24)32-23-13-11-22(31-2)12-14-23/h4-17H,3H2,1-2H3,(H,29,30). The number of benzene rings is 3. The van der Waals surface area contributed by atoms with Crippen LogP contribution in [0.1, 0.15) is 22.8 Å². The predicted molar refractivity (Wildman–Crippen MR) is 124 cm³/mol. The monoisotopic (exact) mass is 425 g/mol. The normalized spacial score (nSPS) is 10.4. The number of aryl methyl sites for hydroxylation is 1. The zero-order chi connectivity index (χ0) is 22.3. The number of rotatable bonds is 7. The molecule has 6 heteroatoms. The van der Waals surface area contributed by atoms with Gasteiger partial charge in [-0.05, 0) is 60.5 Å². The number of carbonyl (C=O) groups excluding carboxylic acids is 1. The van der Waals surface area contributed by atoms with Crippen molar-refractivity contribution in [3.63, 3.8) is 0 Å². The van der Waals surface area contributed by atoms with Crippen LogP contribution in [0.25, 0.3) is 11.3 Å². The number of methoxy groups -OCH3 is 1. The second-order valence-electron chi connectivity index (χ2n) is 7.10. The zero-order valence-corrected chi connectivity index (χ0v) is 17.9. The van der Waals surface area contributed by atoms with Gasteiger partial charge in [0.2, 0.25) is 5.88 Å². The Hall–Kier alpha value is -4.19. The molecule has 0 atom stereocenters. The van der Waals surface area contributed by atoms with Gasteiger partial charge in [0.25, 0.3) is 5.91 Å². The third-order valence-corrected chi connectivity index (χ3v) is 4.96. The summed E-state index contributed by atoms with van der Waals surface area (Å²) < 4.78 is 11.0. The lowest BCUT2D eigenvalue weighted by molar-refractivity contribution is 0.102. The molecule has 1 aromatic heterocycles. The first-order valence-corrected chi connectivity index (χ1v) is 10.3. The van der Waals surface area contributed by atoms with Crippen molar-refractivity contribution in [2.45, 2.75) is 13.3 Å². The Labute approximate surface area is 186 Å². The molecule has 4 rings (SSSR count). The van der Waals surface area contributed by atoms with Gasteiger partial charge in [-0.2, -0.15) is 0 Å². The van der Waals surface area contributed by atoms with Crippen LogP contribution in [0.15, 0.2) is 85.2 Å². The molecule has 0 radical (unpaired) electrons. The Morgan fingerprint density at radius 1 is 0.906 bits per heavy atom. The number of anilines is 1. The van der Waals surface area contributed by atoms with E-state index in [1.54, 1.807) is 37.4 Å². The van der Waals surface area contributed by atoms with Crippen LogP contribution in [-0.2, 0) is 6.42 Å². The van der Waals surface area contributed by atoms with E-state index >= 15 is 0 Å². The van der Waals surface area contributed by atoms with Gasteiger partial charge in [-0.3, -0.25) is 4.79 Å². The lowest BCUT2D eigenvalue weighted by atomic mass is 10.1. The first-order chi connectivity index (χ1) is 15.6. The number of aromatic nitrogens is 2.